The van der Waals surface area contributed by atoms with E-state index in [2.05, 4.69) is 0 Å². The molecule has 0 aromatic heterocycles. The van der Waals surface area contributed by atoms with Gasteiger partial charge in [-0.05, 0) is 6.26 Å². The van der Waals surface area contributed by atoms with Crippen molar-refractivity contribution in [2.24, 2.45) is 0 Å². The minimum Gasteiger partial charge on any atom is -1.00 e. The molecule has 0 saturated heterocycles. The molecule has 0 fully saturated rings. The van der Waals surface area contributed by atoms with Gasteiger partial charge in [0.25, 0.3) is 0 Å². The molecule has 0 rings (SSSR count). The average molecular weight is 168 g/mol. The van der Waals surface area contributed by atoms with Crippen LogP contribution in [0.4, 0.5) is 8.63 Å². The second kappa shape index (κ2) is 11.6. The van der Waals surface area contributed by atoms with Crippen LogP contribution >= 0.6 is 11.8 Å². The van der Waals surface area contributed by atoms with Crippen LogP contribution in [0.25, 0.3) is 0 Å². The normalized spacial score (nSPS) is 6.38. The molecular formula is C2H5BF3KS. The van der Waals surface area contributed by atoms with Crippen LogP contribution in [0.3, 0.4) is 0 Å². The smallest absolute Gasteiger partial charge is 1.00 e. The van der Waals surface area contributed by atoms with E-state index in [-0.39, 0.29) is 61.7 Å². The maximum atomic E-state index is 11.0. The number of halogens is 3. The summed E-state index contributed by atoms with van der Waals surface area (Å²) in [5.74, 6) is 0. The van der Waals surface area contributed by atoms with Crippen molar-refractivity contribution in [2.75, 3.05) is 11.9 Å². The third-order valence-corrected chi connectivity index (χ3v) is 0.878. The van der Waals surface area contributed by atoms with Gasteiger partial charge in [0.05, 0.1) is 0 Å². The van der Waals surface area contributed by atoms with E-state index in [4.69, 9.17) is 0 Å². The molecule has 8 heavy (non-hydrogen) atoms. The van der Waals surface area contributed by atoms with Crippen molar-refractivity contribution >= 4 is 19.0 Å². The summed E-state index contributed by atoms with van der Waals surface area (Å²) in [5, 5.41) is 0. The molecule has 0 radical (unpaired) electrons. The van der Waals surface area contributed by atoms with Gasteiger partial charge in [0.15, 0.2) is 0 Å². The van der Waals surface area contributed by atoms with E-state index in [9.17, 15) is 8.63 Å². The van der Waals surface area contributed by atoms with Crippen LogP contribution in [-0.4, -0.2) is 19.2 Å². The van der Waals surface area contributed by atoms with Gasteiger partial charge in [-0.25, -0.2) is 0 Å². The van der Waals surface area contributed by atoms with Gasteiger partial charge in [-0.1, -0.05) is 0 Å². The summed E-state index contributed by atoms with van der Waals surface area (Å²) >= 11 is 1.16. The molecule has 0 N–H and O–H groups in total. The first-order valence-electron chi connectivity index (χ1n) is 1.54. The molecule has 0 nitrogen and oxygen atoms in total. The Morgan fingerprint density at radius 1 is 1.50 bits per heavy atom. The minimum absolute atomic E-state index is 0. The van der Waals surface area contributed by atoms with Crippen LogP contribution in [0.1, 0.15) is 0 Å². The van der Waals surface area contributed by atoms with Gasteiger partial charge < -0.3 is 4.70 Å². The molecule has 0 spiro atoms. The van der Waals surface area contributed by atoms with Gasteiger partial charge in [0.1, 0.15) is 0 Å². The Labute approximate surface area is 94.1 Å². The van der Waals surface area contributed by atoms with Crippen LogP contribution in [0.2, 0.25) is 0 Å². The van der Waals surface area contributed by atoms with Gasteiger partial charge in [-0.15, -0.1) is 0 Å². The second-order valence-corrected chi connectivity index (χ2v) is 1.76. The van der Waals surface area contributed by atoms with Gasteiger partial charge in [-0.3, -0.25) is 8.63 Å². The Morgan fingerprint density at radius 3 is 1.88 bits per heavy atom. The van der Waals surface area contributed by atoms with Crippen molar-refractivity contribution in [1.29, 1.82) is 0 Å². The van der Waals surface area contributed by atoms with Gasteiger partial charge >= 0.3 is 58.7 Å². The molecule has 0 atom stereocenters. The Hall–Kier alpha value is 1.84. The molecule has 0 bridgehead atoms. The van der Waals surface area contributed by atoms with E-state index < -0.39 is 7.27 Å². The minimum atomic E-state index is -2.14. The van der Waals surface area contributed by atoms with Gasteiger partial charge in [0, 0.05) is 5.65 Å². The zero-order valence-electron chi connectivity index (χ0n) is 4.83. The fourth-order valence-corrected chi connectivity index (χ4v) is 0.378. The van der Waals surface area contributed by atoms with E-state index in [0.717, 1.165) is 11.8 Å². The fourth-order valence-electron chi connectivity index (χ4n) is 0.126. The first-order valence-corrected chi connectivity index (χ1v) is 2.94. The zero-order valence-corrected chi connectivity index (χ0v) is 8.77. The van der Waals surface area contributed by atoms with E-state index in [1.54, 1.807) is 6.26 Å². The van der Waals surface area contributed by atoms with E-state index in [1.165, 1.54) is 0 Å². The topological polar surface area (TPSA) is 0 Å². The van der Waals surface area contributed by atoms with Crippen molar-refractivity contribution in [3.8, 4) is 0 Å². The van der Waals surface area contributed by atoms with Crippen molar-refractivity contribution in [1.82, 2.24) is 0 Å². The molecule has 0 aliphatic rings. The van der Waals surface area contributed by atoms with Gasteiger partial charge in [-0.2, -0.15) is 11.8 Å². The molecule has 0 aliphatic heterocycles. The molecule has 0 aromatic carbocycles. The SMILES string of the molecule is CSCB(F)F.[F-].[K+]. The maximum Gasteiger partial charge on any atom is 1.00 e. The number of rotatable bonds is 2. The summed E-state index contributed by atoms with van der Waals surface area (Å²) in [5.41, 5.74) is -0.0417. The third kappa shape index (κ3) is 15.7. The zero-order chi connectivity index (χ0) is 4.99. The predicted molar refractivity (Wildman–Crippen MR) is 26.4 cm³/mol. The van der Waals surface area contributed by atoms with E-state index in [0.29, 0.717) is 0 Å². The molecule has 0 aromatic rings. The van der Waals surface area contributed by atoms with Crippen LogP contribution in [0.5, 0.6) is 0 Å². The molecular weight excluding hydrogens is 163 g/mol. The molecule has 0 unspecified atom stereocenters. The average Bonchev–Trinajstić information content (AvgIpc) is 1.35. The molecule has 0 amide bonds. The van der Waals surface area contributed by atoms with Crippen molar-refractivity contribution in [3.63, 3.8) is 0 Å². The first kappa shape index (κ1) is 16.4. The summed E-state index contributed by atoms with van der Waals surface area (Å²) in [6.07, 6.45) is 1.66. The second-order valence-electron chi connectivity index (χ2n) is 0.846. The molecule has 44 valence electrons. The maximum absolute atomic E-state index is 11.0. The van der Waals surface area contributed by atoms with Crippen molar-refractivity contribution < 1.29 is 64.7 Å². The summed E-state index contributed by atoms with van der Waals surface area (Å²) in [7, 11) is -2.14. The number of hydrogen-bond acceptors (Lipinski definition) is 1. The number of thioether (sulfide) groups is 1. The van der Waals surface area contributed by atoms with Crippen LogP contribution < -0.4 is 56.1 Å². The standard InChI is InChI=1S/C2H5BF2S.FH.K/c1-6-2-3(4)5;;/h2H2,1H3;1H;/q;;+1/p-1. The quantitative estimate of drug-likeness (QED) is 0.373. The van der Waals surface area contributed by atoms with E-state index in [1.807, 2.05) is 0 Å². The fraction of sp³-hybridized carbons (Fsp3) is 1.00. The largest absolute Gasteiger partial charge is 1.00 e. The van der Waals surface area contributed by atoms with Crippen molar-refractivity contribution in [2.45, 2.75) is 0 Å². The number of hydrogen-bond donors (Lipinski definition) is 0. The van der Waals surface area contributed by atoms with E-state index >= 15 is 0 Å². The Bertz CT molecular complexity index is 38.5. The molecule has 0 aliphatic carbocycles. The van der Waals surface area contributed by atoms with Gasteiger partial charge in [0.2, 0.25) is 0 Å². The summed E-state index contributed by atoms with van der Waals surface area (Å²) in [4.78, 5) is 0. The predicted octanol–water partition coefficient (Wildman–Crippen LogP) is -4.68. The summed E-state index contributed by atoms with van der Waals surface area (Å²) in [6.45, 7) is 0. The Morgan fingerprint density at radius 2 is 1.88 bits per heavy atom. The Balaban J connectivity index is -0.000000125. The summed E-state index contributed by atoms with van der Waals surface area (Å²) < 4.78 is 22.0. The van der Waals surface area contributed by atoms with Crippen LogP contribution in [0, 0.1) is 0 Å². The molecule has 0 saturated carbocycles. The monoisotopic (exact) mass is 168 g/mol. The third-order valence-electron chi connectivity index (χ3n) is 0.293. The van der Waals surface area contributed by atoms with Crippen molar-refractivity contribution in [3.05, 3.63) is 0 Å². The molecule has 0 heterocycles. The van der Waals surface area contributed by atoms with Crippen LogP contribution in [-0.2, 0) is 0 Å². The summed E-state index contributed by atoms with van der Waals surface area (Å²) in [6, 6.07) is 0. The molecule has 6 heteroatoms. The first-order chi connectivity index (χ1) is 2.77. The van der Waals surface area contributed by atoms with Crippen LogP contribution in [0.15, 0.2) is 0 Å². The Kier molecular flexibility index (Phi) is 23.9.